The maximum absolute atomic E-state index is 13.4. The molecule has 0 unspecified atom stereocenters. The monoisotopic (exact) mass is 349 g/mol. The highest BCUT2D eigenvalue weighted by molar-refractivity contribution is 6.15. The van der Waals surface area contributed by atoms with Crippen molar-refractivity contribution in [3.63, 3.8) is 0 Å². The minimum absolute atomic E-state index is 0.0163. The first-order chi connectivity index (χ1) is 11.7. The van der Waals surface area contributed by atoms with Gasteiger partial charge in [-0.05, 0) is 36.8 Å². The smallest absolute Gasteiger partial charge is 0.313 e. The van der Waals surface area contributed by atoms with Crippen LogP contribution in [-0.2, 0) is 0 Å². The van der Waals surface area contributed by atoms with Crippen LogP contribution < -0.4 is 0 Å². The minimum Gasteiger partial charge on any atom is -0.313 e. The molecule has 0 aliphatic carbocycles. The van der Waals surface area contributed by atoms with Gasteiger partial charge in [-0.2, -0.15) is 13.2 Å². The summed E-state index contributed by atoms with van der Waals surface area (Å²) in [5, 5.41) is 0. The van der Waals surface area contributed by atoms with Crippen LogP contribution >= 0.6 is 0 Å². The number of nitrogens with zero attached hydrogens (tertiary/aromatic N) is 1. The van der Waals surface area contributed by atoms with Gasteiger partial charge >= 0.3 is 6.18 Å². The van der Waals surface area contributed by atoms with Gasteiger partial charge in [-0.1, -0.05) is 18.2 Å². The summed E-state index contributed by atoms with van der Waals surface area (Å²) < 4.78 is 53.4. The Morgan fingerprint density at radius 3 is 2.40 bits per heavy atom. The van der Waals surface area contributed by atoms with E-state index in [9.17, 15) is 27.2 Å². The van der Waals surface area contributed by atoms with Gasteiger partial charge in [-0.3, -0.25) is 9.59 Å². The molecule has 3 aromatic rings. The first kappa shape index (κ1) is 16.9. The van der Waals surface area contributed by atoms with E-state index in [2.05, 4.69) is 0 Å². The minimum atomic E-state index is -5.07. The van der Waals surface area contributed by atoms with E-state index in [0.717, 1.165) is 12.1 Å². The van der Waals surface area contributed by atoms with Crippen molar-refractivity contribution in [2.24, 2.45) is 0 Å². The van der Waals surface area contributed by atoms with Crippen molar-refractivity contribution in [1.29, 1.82) is 0 Å². The molecule has 0 aliphatic heterocycles. The molecule has 2 aromatic heterocycles. The number of hydrogen-bond donors (Lipinski definition) is 0. The van der Waals surface area contributed by atoms with Crippen LogP contribution in [0.1, 0.15) is 32.0 Å². The Labute approximate surface area is 139 Å². The standard InChI is InChI=1S/C18H11F4NO2/c1-10-14(17(25)18(20,21)22)13-7-2-3-8-23(13)15(10)16(24)11-5-4-6-12(19)9-11/h2-9H,1H3. The number of ketones is 2. The van der Waals surface area contributed by atoms with Crippen molar-refractivity contribution in [2.75, 3.05) is 0 Å². The van der Waals surface area contributed by atoms with Crippen LogP contribution in [0, 0.1) is 12.7 Å². The van der Waals surface area contributed by atoms with Crippen LogP contribution in [0.15, 0.2) is 48.7 Å². The summed E-state index contributed by atoms with van der Waals surface area (Å²) in [6.45, 7) is 1.28. The number of halogens is 4. The third kappa shape index (κ3) is 2.82. The van der Waals surface area contributed by atoms with Crippen LogP contribution in [0.3, 0.4) is 0 Å². The predicted octanol–water partition coefficient (Wildman–Crippen LogP) is 4.36. The molecule has 0 amide bonds. The zero-order valence-corrected chi connectivity index (χ0v) is 12.9. The molecule has 0 saturated heterocycles. The SMILES string of the molecule is Cc1c(C(=O)C(F)(F)F)c2ccccn2c1C(=O)c1cccc(F)c1. The van der Waals surface area contributed by atoms with Crippen molar-refractivity contribution in [1.82, 2.24) is 4.40 Å². The van der Waals surface area contributed by atoms with Crippen molar-refractivity contribution < 1.29 is 27.2 Å². The summed E-state index contributed by atoms with van der Waals surface area (Å²) in [4.78, 5) is 24.6. The molecule has 0 fully saturated rings. The Balaban J connectivity index is 2.28. The van der Waals surface area contributed by atoms with E-state index < -0.39 is 29.1 Å². The second-order valence-corrected chi connectivity index (χ2v) is 5.47. The summed E-state index contributed by atoms with van der Waals surface area (Å²) >= 11 is 0. The fraction of sp³-hybridized carbons (Fsp3) is 0.111. The highest BCUT2D eigenvalue weighted by atomic mass is 19.4. The second-order valence-electron chi connectivity index (χ2n) is 5.47. The Kier molecular flexibility index (Phi) is 3.94. The topological polar surface area (TPSA) is 38.5 Å². The number of hydrogen-bond acceptors (Lipinski definition) is 2. The highest BCUT2D eigenvalue weighted by Crippen LogP contribution is 2.31. The third-order valence-electron chi connectivity index (χ3n) is 3.87. The number of rotatable bonds is 3. The fourth-order valence-corrected chi connectivity index (χ4v) is 2.81. The van der Waals surface area contributed by atoms with E-state index in [-0.39, 0.29) is 22.3 Å². The van der Waals surface area contributed by atoms with Gasteiger partial charge in [0.15, 0.2) is 0 Å². The van der Waals surface area contributed by atoms with Crippen molar-refractivity contribution in [3.8, 4) is 0 Å². The average Bonchev–Trinajstić information content (AvgIpc) is 2.84. The highest BCUT2D eigenvalue weighted by Gasteiger charge is 2.42. The number of fused-ring (bicyclic) bond motifs is 1. The Morgan fingerprint density at radius 2 is 1.76 bits per heavy atom. The van der Waals surface area contributed by atoms with E-state index >= 15 is 0 Å². The zero-order valence-electron chi connectivity index (χ0n) is 12.9. The maximum atomic E-state index is 13.4. The van der Waals surface area contributed by atoms with Crippen molar-refractivity contribution in [3.05, 3.63) is 76.9 Å². The average molecular weight is 349 g/mol. The molecule has 0 spiro atoms. The summed E-state index contributed by atoms with van der Waals surface area (Å²) in [5.41, 5.74) is -0.816. The van der Waals surface area contributed by atoms with E-state index in [1.54, 1.807) is 0 Å². The fourth-order valence-electron chi connectivity index (χ4n) is 2.81. The van der Waals surface area contributed by atoms with Gasteiger partial charge in [-0.25, -0.2) is 4.39 Å². The summed E-state index contributed by atoms with van der Waals surface area (Å²) in [7, 11) is 0. The number of carbonyl (C=O) groups is 2. The lowest BCUT2D eigenvalue weighted by Gasteiger charge is -2.05. The lowest BCUT2D eigenvalue weighted by atomic mass is 10.0. The first-order valence-electron chi connectivity index (χ1n) is 7.23. The number of pyridine rings is 1. The second kappa shape index (κ2) is 5.84. The molecule has 128 valence electrons. The lowest BCUT2D eigenvalue weighted by Crippen LogP contribution is -2.23. The first-order valence-corrected chi connectivity index (χ1v) is 7.23. The van der Waals surface area contributed by atoms with E-state index in [1.165, 1.54) is 47.9 Å². The van der Waals surface area contributed by atoms with Crippen LogP contribution in [0.25, 0.3) is 5.52 Å². The lowest BCUT2D eigenvalue weighted by molar-refractivity contribution is -0.0884. The molecule has 0 N–H and O–H groups in total. The Morgan fingerprint density at radius 1 is 1.04 bits per heavy atom. The van der Waals surface area contributed by atoms with Gasteiger partial charge in [0.05, 0.1) is 16.8 Å². The molecule has 3 nitrogen and oxygen atoms in total. The molecule has 0 aliphatic rings. The van der Waals surface area contributed by atoms with Gasteiger partial charge < -0.3 is 4.40 Å². The van der Waals surface area contributed by atoms with Crippen LogP contribution in [-0.4, -0.2) is 22.1 Å². The molecule has 2 heterocycles. The molecular formula is C18H11F4NO2. The summed E-state index contributed by atoms with van der Waals surface area (Å²) in [5.74, 6) is -3.33. The molecule has 0 radical (unpaired) electrons. The Bertz CT molecular complexity index is 1000. The van der Waals surface area contributed by atoms with Gasteiger partial charge in [-0.15, -0.1) is 0 Å². The van der Waals surface area contributed by atoms with E-state index in [1.807, 2.05) is 0 Å². The number of carbonyl (C=O) groups excluding carboxylic acids is 2. The number of alkyl halides is 3. The van der Waals surface area contributed by atoms with Gasteiger partial charge in [0.25, 0.3) is 5.78 Å². The summed E-state index contributed by atoms with van der Waals surface area (Å²) in [6, 6.07) is 9.16. The number of aromatic nitrogens is 1. The molecule has 3 rings (SSSR count). The molecule has 0 atom stereocenters. The molecule has 0 bridgehead atoms. The maximum Gasteiger partial charge on any atom is 0.454 e. The van der Waals surface area contributed by atoms with Crippen LogP contribution in [0.4, 0.5) is 17.6 Å². The van der Waals surface area contributed by atoms with Crippen LogP contribution in [0.5, 0.6) is 0 Å². The number of Topliss-reactive ketones (excluding diaryl/α,β-unsaturated/α-hetero) is 1. The summed E-state index contributed by atoms with van der Waals surface area (Å²) in [6.07, 6.45) is -3.68. The zero-order chi connectivity index (χ0) is 18.4. The van der Waals surface area contributed by atoms with Gasteiger partial charge in [0.1, 0.15) is 5.82 Å². The molecule has 25 heavy (non-hydrogen) atoms. The van der Waals surface area contributed by atoms with Gasteiger partial charge in [0.2, 0.25) is 5.78 Å². The number of benzene rings is 1. The predicted molar refractivity (Wildman–Crippen MR) is 82.4 cm³/mol. The van der Waals surface area contributed by atoms with Gasteiger partial charge in [0, 0.05) is 11.8 Å². The Hall–Kier alpha value is -2.96. The molecular weight excluding hydrogens is 338 g/mol. The van der Waals surface area contributed by atoms with E-state index in [0.29, 0.717) is 0 Å². The van der Waals surface area contributed by atoms with Crippen LogP contribution in [0.2, 0.25) is 0 Å². The van der Waals surface area contributed by atoms with Crippen molar-refractivity contribution in [2.45, 2.75) is 13.1 Å². The van der Waals surface area contributed by atoms with Crippen molar-refractivity contribution >= 4 is 17.1 Å². The van der Waals surface area contributed by atoms with E-state index in [4.69, 9.17) is 0 Å². The molecule has 7 heteroatoms. The third-order valence-corrected chi connectivity index (χ3v) is 3.87. The normalized spacial score (nSPS) is 11.7. The molecule has 1 aromatic carbocycles. The largest absolute Gasteiger partial charge is 0.454 e. The quantitative estimate of drug-likeness (QED) is 0.520. The molecule has 0 saturated carbocycles.